The summed E-state index contributed by atoms with van der Waals surface area (Å²) in [5.41, 5.74) is 0.875. The zero-order valence-corrected chi connectivity index (χ0v) is 19.4. The zero-order valence-electron chi connectivity index (χ0n) is 18.6. The van der Waals surface area contributed by atoms with Gasteiger partial charge in [-0.2, -0.15) is 0 Å². The van der Waals surface area contributed by atoms with Gasteiger partial charge in [0.15, 0.2) is 0 Å². The number of ether oxygens (including phenoxy) is 1. The van der Waals surface area contributed by atoms with Gasteiger partial charge in [0.2, 0.25) is 5.91 Å². The monoisotopic (exact) mass is 495 g/mol. The molecule has 1 N–H and O–H groups in total. The van der Waals surface area contributed by atoms with Crippen molar-refractivity contribution in [1.29, 1.82) is 0 Å². The molecule has 1 heterocycles. The van der Waals surface area contributed by atoms with Gasteiger partial charge in [-0.25, -0.2) is 9.18 Å². The Morgan fingerprint density at radius 1 is 1.09 bits per heavy atom. The Bertz CT molecular complexity index is 1220. The van der Waals surface area contributed by atoms with Crippen LogP contribution >= 0.6 is 11.8 Å². The van der Waals surface area contributed by atoms with Crippen LogP contribution in [0.5, 0.6) is 0 Å². The summed E-state index contributed by atoms with van der Waals surface area (Å²) in [6, 6.07) is 18.5. The molecule has 3 aromatic rings. The highest BCUT2D eigenvalue weighted by Crippen LogP contribution is 2.33. The predicted molar refractivity (Wildman–Crippen MR) is 129 cm³/mol. The highest BCUT2D eigenvalue weighted by Gasteiger charge is 2.35. The van der Waals surface area contributed by atoms with Gasteiger partial charge in [0.05, 0.1) is 4.92 Å². The molecule has 1 aliphatic heterocycles. The van der Waals surface area contributed by atoms with Crippen molar-refractivity contribution in [3.05, 3.63) is 94.3 Å². The summed E-state index contributed by atoms with van der Waals surface area (Å²) in [6.45, 7) is 0.478. The van der Waals surface area contributed by atoms with Gasteiger partial charge in [0.1, 0.15) is 18.5 Å². The molecule has 2 amide bonds. The lowest BCUT2D eigenvalue weighted by molar-refractivity contribution is -0.385. The molecule has 1 atom stereocenters. The number of carbonyl (C=O) groups excluding carboxylic acids is 2. The van der Waals surface area contributed by atoms with Crippen LogP contribution in [0, 0.1) is 15.9 Å². The molecule has 8 nitrogen and oxygen atoms in total. The zero-order chi connectivity index (χ0) is 24.8. The fraction of sp³-hybridized carbons (Fsp3) is 0.200. The maximum Gasteiger partial charge on any atom is 0.410 e. The topological polar surface area (TPSA) is 102 Å². The molecule has 0 saturated carbocycles. The standard InChI is InChI=1S/C25H22FN3O5S/c26-18-8-10-21(11-9-18)35-22-14-19(13-20(15-22)29(32)33)27-24(30)23-7-4-12-28(23)25(31)34-16-17-5-2-1-3-6-17/h1-3,5-6,8-11,13-15,23H,4,7,12,16H2,(H,27,30)/t23-/m1/s1. The Morgan fingerprint density at radius 2 is 1.83 bits per heavy atom. The van der Waals surface area contributed by atoms with Crippen molar-refractivity contribution in [2.24, 2.45) is 0 Å². The molecule has 0 radical (unpaired) electrons. The van der Waals surface area contributed by atoms with Crippen molar-refractivity contribution in [3.8, 4) is 0 Å². The summed E-state index contributed by atoms with van der Waals surface area (Å²) >= 11 is 1.20. The van der Waals surface area contributed by atoms with E-state index in [1.54, 1.807) is 18.2 Å². The number of hydrogen-bond donors (Lipinski definition) is 1. The molecule has 35 heavy (non-hydrogen) atoms. The molecule has 1 fully saturated rings. The van der Waals surface area contributed by atoms with Crippen LogP contribution in [0.1, 0.15) is 18.4 Å². The highest BCUT2D eigenvalue weighted by molar-refractivity contribution is 7.99. The number of anilines is 1. The van der Waals surface area contributed by atoms with Gasteiger partial charge in [0.25, 0.3) is 5.69 Å². The van der Waals surface area contributed by atoms with Crippen LogP contribution in [0.3, 0.4) is 0 Å². The SMILES string of the molecule is O=C(Nc1cc(Sc2ccc(F)cc2)cc([N+](=O)[O-])c1)[C@H]1CCCN1C(=O)OCc1ccccc1. The normalized spacial score (nSPS) is 15.0. The van der Waals surface area contributed by atoms with Crippen molar-refractivity contribution in [2.75, 3.05) is 11.9 Å². The van der Waals surface area contributed by atoms with E-state index in [9.17, 15) is 24.1 Å². The number of likely N-dealkylation sites (tertiary alicyclic amines) is 1. The van der Waals surface area contributed by atoms with E-state index in [1.165, 1.54) is 40.9 Å². The molecule has 10 heteroatoms. The maximum absolute atomic E-state index is 13.2. The number of hydrogen-bond acceptors (Lipinski definition) is 6. The molecule has 0 aromatic heterocycles. The Hall–Kier alpha value is -3.92. The number of nitro benzene ring substituents is 1. The fourth-order valence-corrected chi connectivity index (χ4v) is 4.65. The lowest BCUT2D eigenvalue weighted by Gasteiger charge is -2.23. The minimum atomic E-state index is -0.745. The molecule has 1 saturated heterocycles. The van der Waals surface area contributed by atoms with E-state index in [0.29, 0.717) is 29.2 Å². The summed E-state index contributed by atoms with van der Waals surface area (Å²) in [4.78, 5) is 39.1. The van der Waals surface area contributed by atoms with Gasteiger partial charge in [-0.1, -0.05) is 42.1 Å². The van der Waals surface area contributed by atoms with Crippen molar-refractivity contribution in [1.82, 2.24) is 4.90 Å². The van der Waals surface area contributed by atoms with Gasteiger partial charge < -0.3 is 10.1 Å². The third-order valence-electron chi connectivity index (χ3n) is 5.41. The highest BCUT2D eigenvalue weighted by atomic mass is 32.2. The average molecular weight is 496 g/mol. The number of nitro groups is 1. The Balaban J connectivity index is 1.45. The molecule has 4 rings (SSSR count). The summed E-state index contributed by atoms with van der Waals surface area (Å²) in [6.07, 6.45) is 0.510. The van der Waals surface area contributed by atoms with Crippen LogP contribution in [-0.4, -0.2) is 34.4 Å². The Morgan fingerprint density at radius 3 is 2.54 bits per heavy atom. The Labute approximate surface area is 205 Å². The lowest BCUT2D eigenvalue weighted by Crippen LogP contribution is -2.43. The Kier molecular flexibility index (Phi) is 7.61. The number of carbonyl (C=O) groups is 2. The van der Waals surface area contributed by atoms with Crippen LogP contribution in [0.15, 0.2) is 82.6 Å². The molecule has 0 aliphatic carbocycles. The minimum Gasteiger partial charge on any atom is -0.445 e. The summed E-state index contributed by atoms with van der Waals surface area (Å²) in [5, 5.41) is 14.1. The number of rotatable bonds is 7. The fourth-order valence-electron chi connectivity index (χ4n) is 3.74. The van der Waals surface area contributed by atoms with Crippen molar-refractivity contribution in [3.63, 3.8) is 0 Å². The third-order valence-corrected chi connectivity index (χ3v) is 6.39. The van der Waals surface area contributed by atoms with E-state index in [-0.39, 0.29) is 23.8 Å². The van der Waals surface area contributed by atoms with Crippen LogP contribution in [-0.2, 0) is 16.1 Å². The number of nitrogens with zero attached hydrogens (tertiary/aromatic N) is 2. The smallest absolute Gasteiger partial charge is 0.410 e. The first-order chi connectivity index (χ1) is 16.9. The molecule has 0 unspecified atom stereocenters. The second-order valence-electron chi connectivity index (χ2n) is 7.91. The van der Waals surface area contributed by atoms with Crippen LogP contribution in [0.25, 0.3) is 0 Å². The van der Waals surface area contributed by atoms with Gasteiger partial charge in [-0.15, -0.1) is 0 Å². The molecule has 0 bridgehead atoms. The maximum atomic E-state index is 13.2. The number of benzene rings is 3. The van der Waals surface area contributed by atoms with Gasteiger partial charge in [0, 0.05) is 34.2 Å². The number of non-ortho nitro benzene ring substituents is 1. The molecule has 3 aromatic carbocycles. The molecule has 0 spiro atoms. The van der Waals surface area contributed by atoms with Crippen molar-refractivity contribution in [2.45, 2.75) is 35.3 Å². The van der Waals surface area contributed by atoms with E-state index < -0.39 is 23.0 Å². The van der Waals surface area contributed by atoms with Crippen molar-refractivity contribution < 1.29 is 23.6 Å². The summed E-state index contributed by atoms with van der Waals surface area (Å²) in [5.74, 6) is -0.831. The lowest BCUT2D eigenvalue weighted by atomic mass is 10.2. The van der Waals surface area contributed by atoms with Crippen molar-refractivity contribution >= 4 is 35.1 Å². The summed E-state index contributed by atoms with van der Waals surface area (Å²) in [7, 11) is 0. The van der Waals surface area contributed by atoms with Gasteiger partial charge in [-0.05, 0) is 48.7 Å². The predicted octanol–water partition coefficient (Wildman–Crippen LogP) is 5.62. The average Bonchev–Trinajstić information content (AvgIpc) is 3.35. The van der Waals surface area contributed by atoms with Gasteiger partial charge in [-0.3, -0.25) is 19.8 Å². The first-order valence-electron chi connectivity index (χ1n) is 10.9. The van der Waals surface area contributed by atoms with Crippen LogP contribution < -0.4 is 5.32 Å². The molecular formula is C25H22FN3O5S. The van der Waals surface area contributed by atoms with Crippen LogP contribution in [0.4, 0.5) is 20.6 Å². The largest absolute Gasteiger partial charge is 0.445 e. The first kappa shape index (κ1) is 24.2. The second kappa shape index (κ2) is 11.0. The number of nitrogens with one attached hydrogen (secondary N) is 1. The van der Waals surface area contributed by atoms with E-state index in [4.69, 9.17) is 4.74 Å². The van der Waals surface area contributed by atoms with E-state index >= 15 is 0 Å². The van der Waals surface area contributed by atoms with E-state index in [1.807, 2.05) is 30.3 Å². The molecule has 1 aliphatic rings. The van der Waals surface area contributed by atoms with E-state index in [2.05, 4.69) is 5.32 Å². The second-order valence-corrected chi connectivity index (χ2v) is 9.06. The number of halogens is 1. The summed E-state index contributed by atoms with van der Waals surface area (Å²) < 4.78 is 18.6. The van der Waals surface area contributed by atoms with Gasteiger partial charge >= 0.3 is 6.09 Å². The minimum absolute atomic E-state index is 0.0966. The molecule has 180 valence electrons. The first-order valence-corrected chi connectivity index (χ1v) is 11.7. The molecular weight excluding hydrogens is 473 g/mol. The van der Waals surface area contributed by atoms with E-state index in [0.717, 1.165) is 5.56 Å². The number of amides is 2. The van der Waals surface area contributed by atoms with Crippen LogP contribution in [0.2, 0.25) is 0 Å². The third kappa shape index (κ3) is 6.36. The quantitative estimate of drug-likeness (QED) is 0.337.